The predicted octanol–water partition coefficient (Wildman–Crippen LogP) is 5.59. The van der Waals surface area contributed by atoms with Crippen LogP contribution in [0.4, 0.5) is 29.3 Å². The number of alkyl halides is 3. The number of hydrogen-bond donors (Lipinski definition) is 2. The van der Waals surface area contributed by atoms with Crippen LogP contribution in [-0.2, 0) is 28.6 Å². The first-order chi connectivity index (χ1) is 25.4. The molecule has 288 valence electrons. The third-order valence-corrected chi connectivity index (χ3v) is 12.4. The zero-order valence-electron chi connectivity index (χ0n) is 30.3. The third kappa shape index (κ3) is 9.05. The van der Waals surface area contributed by atoms with Crippen molar-refractivity contribution in [3.63, 3.8) is 0 Å². The first-order valence-electron chi connectivity index (χ1n) is 19.3. The van der Waals surface area contributed by atoms with Crippen LogP contribution in [0.1, 0.15) is 61.6 Å². The normalized spacial score (nSPS) is 22.0. The molecule has 0 bridgehead atoms. The molecule has 3 saturated heterocycles. The van der Waals surface area contributed by atoms with Gasteiger partial charge in [0.2, 0.25) is 11.8 Å². The lowest BCUT2D eigenvalue weighted by molar-refractivity contribution is -0.143. The zero-order valence-corrected chi connectivity index (χ0v) is 31.0. The van der Waals surface area contributed by atoms with Gasteiger partial charge in [0.15, 0.2) is 0 Å². The summed E-state index contributed by atoms with van der Waals surface area (Å²) in [6, 6.07) is 10.3. The Morgan fingerprint density at radius 1 is 0.868 bits per heavy atom. The molecule has 4 amide bonds. The number of nitrogen functional groups attached to an aromatic ring is 1. The first kappa shape index (κ1) is 37.8. The van der Waals surface area contributed by atoms with Gasteiger partial charge in [0.1, 0.15) is 0 Å². The summed E-state index contributed by atoms with van der Waals surface area (Å²) in [5, 5.41) is 2.79. The minimum absolute atomic E-state index is 0.0361. The molecule has 7 rings (SSSR count). The van der Waals surface area contributed by atoms with Crippen LogP contribution >= 0.6 is 11.6 Å². The second-order valence-electron chi connectivity index (χ2n) is 15.6. The Kier molecular flexibility index (Phi) is 11.4. The minimum atomic E-state index is -4.72. The summed E-state index contributed by atoms with van der Waals surface area (Å²) < 4.78 is 41.7. The Morgan fingerprint density at radius 2 is 1.53 bits per heavy atom. The Bertz CT molecular complexity index is 1650. The summed E-state index contributed by atoms with van der Waals surface area (Å²) in [6.07, 6.45) is 1.35. The third-order valence-electron chi connectivity index (χ3n) is 12.1. The van der Waals surface area contributed by atoms with E-state index in [1.807, 2.05) is 29.2 Å². The number of piperazine rings is 1. The quantitative estimate of drug-likeness (QED) is 0.324. The zero-order chi connectivity index (χ0) is 37.3. The van der Waals surface area contributed by atoms with E-state index in [2.05, 4.69) is 15.1 Å². The summed E-state index contributed by atoms with van der Waals surface area (Å²) in [5.41, 5.74) is 6.23. The van der Waals surface area contributed by atoms with Crippen LogP contribution in [-0.4, -0.2) is 120 Å². The lowest BCUT2D eigenvalue weighted by Gasteiger charge is -2.43. The van der Waals surface area contributed by atoms with Crippen molar-refractivity contribution < 1.29 is 27.6 Å². The molecule has 10 nitrogen and oxygen atoms in total. The second-order valence-corrected chi connectivity index (χ2v) is 16.0. The molecule has 0 radical (unpaired) electrons. The highest BCUT2D eigenvalue weighted by atomic mass is 35.5. The van der Waals surface area contributed by atoms with Crippen LogP contribution in [0.25, 0.3) is 0 Å². The number of para-hydroxylation sites is 1. The van der Waals surface area contributed by atoms with E-state index in [0.717, 1.165) is 68.7 Å². The molecule has 0 spiro atoms. The van der Waals surface area contributed by atoms with Gasteiger partial charge in [0.25, 0.3) is 0 Å². The number of carbonyl (C=O) groups excluding carboxylic acids is 3. The van der Waals surface area contributed by atoms with Gasteiger partial charge in [-0.2, -0.15) is 13.2 Å². The summed E-state index contributed by atoms with van der Waals surface area (Å²) in [7, 11) is 0. The molecular formula is C39H51ClF3N7O3. The number of benzene rings is 2. The highest BCUT2D eigenvalue weighted by molar-refractivity contribution is 6.33. The molecule has 53 heavy (non-hydrogen) atoms. The molecule has 2 aromatic rings. The number of likely N-dealkylation sites (tertiary alicyclic amines) is 2. The van der Waals surface area contributed by atoms with Crippen LogP contribution in [0.15, 0.2) is 36.4 Å². The van der Waals surface area contributed by atoms with Crippen molar-refractivity contribution in [3.8, 4) is 0 Å². The van der Waals surface area contributed by atoms with E-state index >= 15 is 0 Å². The number of anilines is 2. The average Bonchev–Trinajstić information content (AvgIpc) is 3.99. The van der Waals surface area contributed by atoms with Gasteiger partial charge in [-0.15, -0.1) is 0 Å². The first-order valence-corrected chi connectivity index (χ1v) is 19.6. The van der Waals surface area contributed by atoms with E-state index in [1.165, 1.54) is 25.5 Å². The second kappa shape index (κ2) is 16.0. The van der Waals surface area contributed by atoms with Crippen LogP contribution in [0, 0.1) is 11.8 Å². The molecule has 0 aromatic heterocycles. The monoisotopic (exact) mass is 757 g/mol. The largest absolute Gasteiger partial charge is 0.418 e. The number of rotatable bonds is 9. The molecule has 1 atom stereocenters. The van der Waals surface area contributed by atoms with Crippen LogP contribution in [0.3, 0.4) is 0 Å². The molecule has 3 N–H and O–H groups in total. The van der Waals surface area contributed by atoms with Gasteiger partial charge in [-0.1, -0.05) is 29.8 Å². The number of halogens is 4. The van der Waals surface area contributed by atoms with E-state index in [1.54, 1.807) is 9.80 Å². The molecule has 2 aromatic carbocycles. The number of urea groups is 1. The highest BCUT2D eigenvalue weighted by Gasteiger charge is 2.38. The van der Waals surface area contributed by atoms with Crippen molar-refractivity contribution >= 4 is 40.8 Å². The van der Waals surface area contributed by atoms with Gasteiger partial charge in [-0.25, -0.2) is 4.79 Å². The van der Waals surface area contributed by atoms with E-state index in [0.29, 0.717) is 51.6 Å². The molecular weight excluding hydrogens is 707 g/mol. The van der Waals surface area contributed by atoms with Gasteiger partial charge < -0.3 is 30.7 Å². The molecule has 0 unspecified atom stereocenters. The van der Waals surface area contributed by atoms with E-state index in [4.69, 9.17) is 17.3 Å². The maximum atomic E-state index is 14.2. The molecule has 1 aliphatic carbocycles. The molecule has 4 heterocycles. The number of nitrogens with two attached hydrogens (primary N) is 1. The molecule has 14 heteroatoms. The Labute approximate surface area is 314 Å². The summed E-state index contributed by atoms with van der Waals surface area (Å²) in [6.45, 7) is 7.89. The van der Waals surface area contributed by atoms with Gasteiger partial charge in [-0.3, -0.25) is 14.5 Å². The fraction of sp³-hybridized carbons (Fsp3) is 0.615. The Morgan fingerprint density at radius 3 is 2.21 bits per heavy atom. The number of amides is 4. The van der Waals surface area contributed by atoms with Crippen LogP contribution < -0.4 is 11.1 Å². The molecule has 4 fully saturated rings. The topological polar surface area (TPSA) is 105 Å². The lowest BCUT2D eigenvalue weighted by atomic mass is 9.91. The fourth-order valence-electron chi connectivity index (χ4n) is 8.75. The Balaban J connectivity index is 0.989. The van der Waals surface area contributed by atoms with Crippen molar-refractivity contribution in [2.24, 2.45) is 11.8 Å². The van der Waals surface area contributed by atoms with Crippen molar-refractivity contribution in [3.05, 3.63) is 58.1 Å². The molecule has 1 saturated carbocycles. The van der Waals surface area contributed by atoms with E-state index in [-0.39, 0.29) is 47.3 Å². The molecule has 5 aliphatic rings. The van der Waals surface area contributed by atoms with Gasteiger partial charge in [-0.05, 0) is 86.6 Å². The van der Waals surface area contributed by atoms with Crippen LogP contribution in [0.5, 0.6) is 0 Å². The summed E-state index contributed by atoms with van der Waals surface area (Å²) in [4.78, 5) is 51.7. The average molecular weight is 758 g/mol. The van der Waals surface area contributed by atoms with Crippen molar-refractivity contribution in [2.45, 2.75) is 76.0 Å². The highest BCUT2D eigenvalue weighted by Crippen LogP contribution is 2.39. The van der Waals surface area contributed by atoms with Crippen molar-refractivity contribution in [2.75, 3.05) is 76.5 Å². The predicted molar refractivity (Wildman–Crippen MR) is 198 cm³/mol. The van der Waals surface area contributed by atoms with Gasteiger partial charge >= 0.3 is 12.2 Å². The number of carbonyl (C=O) groups is 3. The fourth-order valence-corrected chi connectivity index (χ4v) is 8.99. The SMILES string of the molecule is Nc1c(Cl)cc(C[C@@H](CC(=O)N2CCC(N3CCc4ccccc4NC3=O)CC2)C(=O)N2CCC(N3CCN(CC4CC4)CC3)CC2)cc1C(F)(F)F. The Hall–Kier alpha value is -3.55. The maximum Gasteiger partial charge on any atom is 0.418 e. The van der Waals surface area contributed by atoms with E-state index < -0.39 is 23.3 Å². The van der Waals surface area contributed by atoms with Gasteiger partial charge in [0, 0.05) is 89.6 Å². The van der Waals surface area contributed by atoms with Crippen LogP contribution in [0.2, 0.25) is 5.02 Å². The lowest BCUT2D eigenvalue weighted by Crippen LogP contribution is -2.54. The van der Waals surface area contributed by atoms with Crippen molar-refractivity contribution in [1.29, 1.82) is 0 Å². The number of hydrogen-bond acceptors (Lipinski definition) is 6. The summed E-state index contributed by atoms with van der Waals surface area (Å²) >= 11 is 6.18. The maximum absolute atomic E-state index is 14.2. The minimum Gasteiger partial charge on any atom is -0.397 e. The smallest absolute Gasteiger partial charge is 0.397 e. The van der Waals surface area contributed by atoms with Crippen molar-refractivity contribution in [1.82, 2.24) is 24.5 Å². The number of nitrogens with one attached hydrogen (secondary N) is 1. The number of piperidine rings is 2. The molecule has 4 aliphatic heterocycles. The number of fused-ring (bicyclic) bond motifs is 1. The van der Waals surface area contributed by atoms with Gasteiger partial charge in [0.05, 0.1) is 22.2 Å². The summed E-state index contributed by atoms with van der Waals surface area (Å²) in [5.74, 6) is -0.425. The van der Waals surface area contributed by atoms with E-state index in [9.17, 15) is 27.6 Å². The standard InChI is InChI=1S/C39H51ClF3N7O3/c40-33-23-27(22-32(36(33)44)39(41,42)43)21-29(37(52)49-14-8-30(9-15-49)47-19-17-46(18-20-47)25-26-5-6-26)24-35(51)48-12-10-31(11-13-48)50-16-7-28-3-1-2-4-34(28)45-38(50)53/h1-4,22-23,26,29-31H,5-21,24-25,44H2,(H,45,53)/t29-/m0/s1. The number of nitrogens with zero attached hydrogens (tertiary/aromatic N) is 5.